The Kier molecular flexibility index (Phi) is 5.59. The normalized spacial score (nSPS) is 16.0. The lowest BCUT2D eigenvalue weighted by atomic mass is 9.64. The van der Waals surface area contributed by atoms with Crippen molar-refractivity contribution in [1.82, 2.24) is 10.2 Å². The van der Waals surface area contributed by atoms with Crippen molar-refractivity contribution in [3.63, 3.8) is 0 Å². The minimum atomic E-state index is -4.40. The first-order valence-corrected chi connectivity index (χ1v) is 8.02. The molecule has 2 rings (SSSR count). The van der Waals surface area contributed by atoms with Crippen LogP contribution in [-0.4, -0.2) is 42.1 Å². The number of hydrogen-bond acceptors (Lipinski definition) is 2. The van der Waals surface area contributed by atoms with Crippen molar-refractivity contribution in [2.75, 3.05) is 20.1 Å². The Hall–Kier alpha value is -2.25. The second-order valence-electron chi connectivity index (χ2n) is 6.44. The predicted molar refractivity (Wildman–Crippen MR) is 85.3 cm³/mol. The van der Waals surface area contributed by atoms with E-state index < -0.39 is 29.2 Å². The topological polar surface area (TPSA) is 69.6 Å². The van der Waals surface area contributed by atoms with Gasteiger partial charge in [0.1, 0.15) is 0 Å². The maximum absolute atomic E-state index is 12.9. The van der Waals surface area contributed by atoms with E-state index in [0.29, 0.717) is 18.4 Å². The maximum Gasteiger partial charge on any atom is 0.416 e. The Balaban J connectivity index is 2.04. The number of nitrogens with one attached hydrogen (secondary N) is 1. The van der Waals surface area contributed by atoms with E-state index in [1.807, 2.05) is 0 Å². The van der Waals surface area contributed by atoms with Crippen LogP contribution in [0.5, 0.6) is 0 Å². The first kappa shape index (κ1) is 19.1. The summed E-state index contributed by atoms with van der Waals surface area (Å²) in [5.74, 6) is -1.00. The zero-order chi connectivity index (χ0) is 18.7. The molecule has 25 heavy (non-hydrogen) atoms. The van der Waals surface area contributed by atoms with Gasteiger partial charge in [-0.25, -0.2) is 4.79 Å². The number of rotatable bonds is 6. The Bertz CT molecular complexity index is 642. The highest BCUT2D eigenvalue weighted by Crippen LogP contribution is 2.44. The summed E-state index contributed by atoms with van der Waals surface area (Å²) >= 11 is 0. The molecule has 1 aliphatic rings. The van der Waals surface area contributed by atoms with E-state index >= 15 is 0 Å². The third kappa shape index (κ3) is 4.64. The van der Waals surface area contributed by atoms with E-state index in [2.05, 4.69) is 5.32 Å². The van der Waals surface area contributed by atoms with Crippen LogP contribution >= 0.6 is 0 Å². The molecule has 0 spiro atoms. The van der Waals surface area contributed by atoms with Gasteiger partial charge < -0.3 is 15.3 Å². The number of aliphatic carboxylic acids is 1. The van der Waals surface area contributed by atoms with Gasteiger partial charge in [0.2, 0.25) is 0 Å². The standard InChI is InChI=1S/C17H21F3N2O3/c1-22(9-6-14(23)24)15(25)21-11-16(7-3-8-16)12-4-2-5-13(10-12)17(18,19)20/h2,4-5,10H,3,6-9,11H2,1H3,(H,21,25)(H,23,24). The number of carbonyl (C=O) groups excluding carboxylic acids is 1. The van der Waals surface area contributed by atoms with Gasteiger partial charge in [-0.1, -0.05) is 24.6 Å². The van der Waals surface area contributed by atoms with Crippen LogP contribution in [0.4, 0.5) is 18.0 Å². The monoisotopic (exact) mass is 358 g/mol. The van der Waals surface area contributed by atoms with Crippen LogP contribution in [-0.2, 0) is 16.4 Å². The largest absolute Gasteiger partial charge is 0.481 e. The fraction of sp³-hybridized carbons (Fsp3) is 0.529. The maximum atomic E-state index is 12.9. The second kappa shape index (κ2) is 7.33. The molecule has 0 saturated heterocycles. The van der Waals surface area contributed by atoms with Gasteiger partial charge in [0.25, 0.3) is 0 Å². The van der Waals surface area contributed by atoms with Gasteiger partial charge in [-0.05, 0) is 24.5 Å². The molecule has 1 fully saturated rings. The molecule has 0 aliphatic heterocycles. The molecule has 5 nitrogen and oxygen atoms in total. The molecule has 1 aromatic rings. The zero-order valence-corrected chi connectivity index (χ0v) is 13.9. The third-order valence-electron chi connectivity index (χ3n) is 4.70. The van der Waals surface area contributed by atoms with Gasteiger partial charge in [0, 0.05) is 25.6 Å². The number of alkyl halides is 3. The number of halogens is 3. The lowest BCUT2D eigenvalue weighted by molar-refractivity contribution is -0.138. The van der Waals surface area contributed by atoms with E-state index in [1.165, 1.54) is 18.0 Å². The highest BCUT2D eigenvalue weighted by molar-refractivity contribution is 5.75. The van der Waals surface area contributed by atoms with Gasteiger partial charge in [0.05, 0.1) is 12.0 Å². The Morgan fingerprint density at radius 2 is 2.00 bits per heavy atom. The van der Waals surface area contributed by atoms with Crippen LogP contribution in [0.3, 0.4) is 0 Å². The van der Waals surface area contributed by atoms with Crippen molar-refractivity contribution in [2.24, 2.45) is 0 Å². The summed E-state index contributed by atoms with van der Waals surface area (Å²) in [6, 6.07) is 4.81. The molecule has 0 aromatic heterocycles. The third-order valence-corrected chi connectivity index (χ3v) is 4.70. The van der Waals surface area contributed by atoms with Gasteiger partial charge in [-0.15, -0.1) is 0 Å². The Morgan fingerprint density at radius 1 is 1.32 bits per heavy atom. The summed E-state index contributed by atoms with van der Waals surface area (Å²) in [5.41, 5.74) is -0.617. The van der Waals surface area contributed by atoms with Crippen molar-refractivity contribution in [1.29, 1.82) is 0 Å². The Labute approximate surface area is 143 Å². The van der Waals surface area contributed by atoms with Crippen molar-refractivity contribution in [3.05, 3.63) is 35.4 Å². The molecule has 0 radical (unpaired) electrons. The molecule has 0 unspecified atom stereocenters. The molecule has 0 atom stereocenters. The van der Waals surface area contributed by atoms with Crippen LogP contribution in [0.2, 0.25) is 0 Å². The SMILES string of the molecule is CN(CCC(=O)O)C(=O)NCC1(c2cccc(C(F)(F)F)c2)CCC1. The highest BCUT2D eigenvalue weighted by atomic mass is 19.4. The summed E-state index contributed by atoms with van der Waals surface area (Å²) in [5, 5.41) is 11.4. The summed E-state index contributed by atoms with van der Waals surface area (Å²) in [6.07, 6.45) is -2.27. The molecule has 0 heterocycles. The molecule has 138 valence electrons. The number of carboxylic acid groups (broad SMARTS) is 1. The van der Waals surface area contributed by atoms with E-state index in [9.17, 15) is 22.8 Å². The number of urea groups is 1. The molecule has 1 saturated carbocycles. The second-order valence-corrected chi connectivity index (χ2v) is 6.44. The molecule has 2 amide bonds. The number of benzene rings is 1. The summed E-state index contributed by atoms with van der Waals surface area (Å²) in [4.78, 5) is 23.8. The first-order valence-electron chi connectivity index (χ1n) is 8.02. The van der Waals surface area contributed by atoms with Crippen LogP contribution in [0.15, 0.2) is 24.3 Å². The van der Waals surface area contributed by atoms with Crippen LogP contribution < -0.4 is 5.32 Å². The number of amides is 2. The fourth-order valence-electron chi connectivity index (χ4n) is 2.94. The van der Waals surface area contributed by atoms with Crippen LogP contribution in [0, 0.1) is 0 Å². The van der Waals surface area contributed by atoms with Crippen LogP contribution in [0.1, 0.15) is 36.8 Å². The van der Waals surface area contributed by atoms with Gasteiger partial charge in [0.15, 0.2) is 0 Å². The summed E-state index contributed by atoms with van der Waals surface area (Å²) < 4.78 is 38.8. The minimum Gasteiger partial charge on any atom is -0.481 e. The molecular weight excluding hydrogens is 337 g/mol. The van der Waals surface area contributed by atoms with Crippen molar-refractivity contribution < 1.29 is 27.9 Å². The number of carbonyl (C=O) groups is 2. The average Bonchev–Trinajstić information content (AvgIpc) is 2.50. The smallest absolute Gasteiger partial charge is 0.416 e. The van der Waals surface area contributed by atoms with E-state index in [1.54, 1.807) is 6.07 Å². The van der Waals surface area contributed by atoms with E-state index in [4.69, 9.17) is 5.11 Å². The van der Waals surface area contributed by atoms with E-state index in [0.717, 1.165) is 18.6 Å². The van der Waals surface area contributed by atoms with Crippen molar-refractivity contribution >= 4 is 12.0 Å². The predicted octanol–water partition coefficient (Wildman–Crippen LogP) is 3.24. The molecule has 2 N–H and O–H groups in total. The summed E-state index contributed by atoms with van der Waals surface area (Å²) in [6.45, 7) is 0.294. The highest BCUT2D eigenvalue weighted by Gasteiger charge is 2.40. The van der Waals surface area contributed by atoms with Gasteiger partial charge in [-0.3, -0.25) is 4.79 Å². The lowest BCUT2D eigenvalue weighted by Crippen LogP contribution is -2.48. The van der Waals surface area contributed by atoms with Crippen molar-refractivity contribution in [3.8, 4) is 0 Å². The van der Waals surface area contributed by atoms with Gasteiger partial charge >= 0.3 is 18.2 Å². The molecule has 1 aromatic carbocycles. The average molecular weight is 358 g/mol. The van der Waals surface area contributed by atoms with Crippen LogP contribution in [0.25, 0.3) is 0 Å². The van der Waals surface area contributed by atoms with E-state index in [-0.39, 0.29) is 19.5 Å². The first-order chi connectivity index (χ1) is 11.6. The number of nitrogens with zero attached hydrogens (tertiary/aromatic N) is 1. The number of carboxylic acids is 1. The molecule has 1 aliphatic carbocycles. The van der Waals surface area contributed by atoms with Crippen molar-refractivity contribution in [2.45, 2.75) is 37.3 Å². The molecule has 8 heteroatoms. The quantitative estimate of drug-likeness (QED) is 0.820. The van der Waals surface area contributed by atoms with Gasteiger partial charge in [-0.2, -0.15) is 13.2 Å². The minimum absolute atomic E-state index is 0.0672. The lowest BCUT2D eigenvalue weighted by Gasteiger charge is -2.43. The fourth-order valence-corrected chi connectivity index (χ4v) is 2.94. The molecule has 0 bridgehead atoms. The Morgan fingerprint density at radius 3 is 2.52 bits per heavy atom. The zero-order valence-electron chi connectivity index (χ0n) is 13.9. The molecular formula is C17H21F3N2O3. The summed E-state index contributed by atoms with van der Waals surface area (Å²) in [7, 11) is 1.48. The number of hydrogen-bond donors (Lipinski definition) is 2.